The van der Waals surface area contributed by atoms with Crippen LogP contribution in [0.1, 0.15) is 51.8 Å². The molecule has 0 aliphatic rings. The molecule has 0 aliphatic carbocycles. The zero-order chi connectivity index (χ0) is 25.2. The highest BCUT2D eigenvalue weighted by Gasteiger charge is 2.22. The Morgan fingerprint density at radius 1 is 1.09 bits per heavy atom. The van der Waals surface area contributed by atoms with Crippen LogP contribution in [0.3, 0.4) is 0 Å². The van der Waals surface area contributed by atoms with Crippen LogP contribution < -0.4 is 9.62 Å². The van der Waals surface area contributed by atoms with Crippen molar-refractivity contribution >= 4 is 27.5 Å². The van der Waals surface area contributed by atoms with E-state index in [-0.39, 0.29) is 22.0 Å². The van der Waals surface area contributed by atoms with E-state index in [0.29, 0.717) is 12.1 Å². The van der Waals surface area contributed by atoms with Crippen molar-refractivity contribution in [1.29, 1.82) is 0 Å². The molecule has 182 valence electrons. The summed E-state index contributed by atoms with van der Waals surface area (Å²) >= 11 is 0. The molecule has 3 rings (SSSR count). The Labute approximate surface area is 200 Å². The molecule has 0 unspecified atom stereocenters. The van der Waals surface area contributed by atoms with Crippen LogP contribution in [0.2, 0.25) is 0 Å². The summed E-state index contributed by atoms with van der Waals surface area (Å²) in [5.74, 6) is -0.962. The van der Waals surface area contributed by atoms with E-state index in [0.717, 1.165) is 35.5 Å². The van der Waals surface area contributed by atoms with Gasteiger partial charge in [0.15, 0.2) is 0 Å². The monoisotopic (exact) mass is 485 g/mol. The third-order valence-electron chi connectivity index (χ3n) is 5.61. The SMILES string of the molecule is CCCn1nc(C)cc1CN(C)c1ncc(NS(=O)(=O)c2cc(C)c(C)cc2C)cc1C(=O)O. The molecule has 2 aromatic heterocycles. The van der Waals surface area contributed by atoms with Crippen LogP contribution in [0.4, 0.5) is 11.5 Å². The van der Waals surface area contributed by atoms with E-state index < -0.39 is 16.0 Å². The average molecular weight is 486 g/mol. The number of nitrogens with one attached hydrogen (secondary N) is 1. The summed E-state index contributed by atoms with van der Waals surface area (Å²) in [6.07, 6.45) is 2.26. The first-order chi connectivity index (χ1) is 15.9. The van der Waals surface area contributed by atoms with Crippen LogP contribution in [-0.2, 0) is 23.1 Å². The molecular weight excluding hydrogens is 454 g/mol. The molecule has 2 N–H and O–H groups in total. The van der Waals surface area contributed by atoms with Gasteiger partial charge in [0, 0.05) is 13.6 Å². The standard InChI is InChI=1S/C24H31N5O4S/c1-7-8-29-20(11-18(5)26-29)14-28(6)23-21(24(30)31)12-19(13-25-23)27-34(32,33)22-10-16(3)15(2)9-17(22)4/h9-13,27H,7-8,14H2,1-6H3,(H,30,31). The van der Waals surface area contributed by atoms with Gasteiger partial charge in [-0.05, 0) is 69.0 Å². The van der Waals surface area contributed by atoms with Crippen molar-refractivity contribution in [3.8, 4) is 0 Å². The maximum atomic E-state index is 13.0. The summed E-state index contributed by atoms with van der Waals surface area (Å²) in [7, 11) is -2.18. The van der Waals surface area contributed by atoms with Gasteiger partial charge in [0.25, 0.3) is 10.0 Å². The Kier molecular flexibility index (Phi) is 7.30. The van der Waals surface area contributed by atoms with Gasteiger partial charge < -0.3 is 10.0 Å². The average Bonchev–Trinajstić information content (AvgIpc) is 3.09. The second kappa shape index (κ2) is 9.84. The molecule has 0 radical (unpaired) electrons. The molecule has 0 amide bonds. The number of anilines is 2. The van der Waals surface area contributed by atoms with Crippen LogP contribution in [-0.4, -0.2) is 41.3 Å². The summed E-state index contributed by atoms with van der Waals surface area (Å²) in [5.41, 5.74) is 4.26. The molecule has 9 nitrogen and oxygen atoms in total. The lowest BCUT2D eigenvalue weighted by atomic mass is 10.1. The molecule has 0 spiro atoms. The maximum absolute atomic E-state index is 13.0. The molecule has 2 heterocycles. The van der Waals surface area contributed by atoms with Crippen LogP contribution in [0, 0.1) is 27.7 Å². The number of carbonyl (C=O) groups is 1. The lowest BCUT2D eigenvalue weighted by molar-refractivity contribution is 0.0697. The van der Waals surface area contributed by atoms with Gasteiger partial charge in [-0.1, -0.05) is 13.0 Å². The van der Waals surface area contributed by atoms with Gasteiger partial charge in [-0.2, -0.15) is 5.10 Å². The van der Waals surface area contributed by atoms with E-state index in [2.05, 4.69) is 21.7 Å². The normalized spacial score (nSPS) is 11.5. The zero-order valence-electron chi connectivity index (χ0n) is 20.4. The number of aromatic carboxylic acids is 1. The van der Waals surface area contributed by atoms with Crippen molar-refractivity contribution in [1.82, 2.24) is 14.8 Å². The fourth-order valence-corrected chi connectivity index (χ4v) is 5.20. The third-order valence-corrected chi connectivity index (χ3v) is 7.13. The molecule has 10 heteroatoms. The van der Waals surface area contributed by atoms with Crippen LogP contribution in [0.5, 0.6) is 0 Å². The van der Waals surface area contributed by atoms with Crippen molar-refractivity contribution in [2.75, 3.05) is 16.7 Å². The van der Waals surface area contributed by atoms with Gasteiger partial charge >= 0.3 is 5.97 Å². The third kappa shape index (κ3) is 5.39. The number of carboxylic acids is 1. The molecule has 34 heavy (non-hydrogen) atoms. The maximum Gasteiger partial charge on any atom is 0.339 e. The Balaban J connectivity index is 1.91. The smallest absolute Gasteiger partial charge is 0.339 e. The number of pyridine rings is 1. The number of aromatic nitrogens is 3. The molecular formula is C24H31N5O4S. The van der Waals surface area contributed by atoms with E-state index in [1.54, 1.807) is 24.9 Å². The fourth-order valence-electron chi connectivity index (χ4n) is 3.86. The lowest BCUT2D eigenvalue weighted by Gasteiger charge is -2.21. The Bertz CT molecular complexity index is 1330. The molecule has 3 aromatic rings. The molecule has 0 atom stereocenters. The van der Waals surface area contributed by atoms with Gasteiger partial charge in [-0.25, -0.2) is 18.2 Å². The lowest BCUT2D eigenvalue weighted by Crippen LogP contribution is -2.23. The minimum absolute atomic E-state index is 0.0825. The summed E-state index contributed by atoms with van der Waals surface area (Å²) in [6, 6.07) is 6.68. The first-order valence-corrected chi connectivity index (χ1v) is 12.5. The first kappa shape index (κ1) is 25.2. The Hall–Kier alpha value is -3.40. The quantitative estimate of drug-likeness (QED) is 0.469. The zero-order valence-corrected chi connectivity index (χ0v) is 21.2. The Morgan fingerprint density at radius 2 is 1.76 bits per heavy atom. The van der Waals surface area contributed by atoms with Crippen LogP contribution in [0.15, 0.2) is 35.4 Å². The number of hydrogen-bond acceptors (Lipinski definition) is 6. The number of hydrogen-bond donors (Lipinski definition) is 2. The van der Waals surface area contributed by atoms with Crippen molar-refractivity contribution in [2.45, 2.75) is 59.0 Å². The van der Waals surface area contributed by atoms with Crippen molar-refractivity contribution in [2.24, 2.45) is 0 Å². The fraction of sp³-hybridized carbons (Fsp3) is 0.375. The summed E-state index contributed by atoms with van der Waals surface area (Å²) in [5, 5.41) is 14.3. The van der Waals surface area contributed by atoms with Gasteiger partial charge in [0.05, 0.1) is 34.7 Å². The van der Waals surface area contributed by atoms with Crippen molar-refractivity contribution in [3.05, 3.63) is 64.1 Å². The van der Waals surface area contributed by atoms with Crippen LogP contribution >= 0.6 is 0 Å². The number of benzene rings is 1. The first-order valence-electron chi connectivity index (χ1n) is 11.0. The van der Waals surface area contributed by atoms with E-state index in [9.17, 15) is 18.3 Å². The number of aryl methyl sites for hydroxylation is 5. The van der Waals surface area contributed by atoms with Crippen LogP contribution in [0.25, 0.3) is 0 Å². The van der Waals surface area contributed by atoms with Gasteiger partial charge in [-0.3, -0.25) is 9.40 Å². The van der Waals surface area contributed by atoms with Crippen molar-refractivity contribution < 1.29 is 18.3 Å². The predicted octanol–water partition coefficient (Wildman–Crippen LogP) is 4.06. The van der Waals surface area contributed by atoms with Gasteiger partial charge in [0.1, 0.15) is 11.4 Å². The topological polar surface area (TPSA) is 117 Å². The number of nitrogens with zero attached hydrogens (tertiary/aromatic N) is 4. The molecule has 0 saturated heterocycles. The Morgan fingerprint density at radius 3 is 2.41 bits per heavy atom. The van der Waals surface area contributed by atoms with Gasteiger partial charge in [-0.15, -0.1) is 0 Å². The van der Waals surface area contributed by atoms with Gasteiger partial charge in [0.2, 0.25) is 0 Å². The van der Waals surface area contributed by atoms with E-state index >= 15 is 0 Å². The highest BCUT2D eigenvalue weighted by atomic mass is 32.2. The molecule has 0 aliphatic heterocycles. The molecule has 0 bridgehead atoms. The number of sulfonamides is 1. The summed E-state index contributed by atoms with van der Waals surface area (Å²) in [6.45, 7) is 10.6. The van der Waals surface area contributed by atoms with E-state index in [4.69, 9.17) is 0 Å². The summed E-state index contributed by atoms with van der Waals surface area (Å²) in [4.78, 5) is 18.2. The minimum Gasteiger partial charge on any atom is -0.478 e. The van der Waals surface area contributed by atoms with E-state index in [1.165, 1.54) is 12.3 Å². The largest absolute Gasteiger partial charge is 0.478 e. The molecule has 0 saturated carbocycles. The number of carboxylic acid groups (broad SMARTS) is 1. The minimum atomic E-state index is -3.92. The number of rotatable bonds is 9. The van der Waals surface area contributed by atoms with E-state index in [1.807, 2.05) is 37.6 Å². The highest BCUT2D eigenvalue weighted by molar-refractivity contribution is 7.92. The summed E-state index contributed by atoms with van der Waals surface area (Å²) < 4.78 is 30.4. The van der Waals surface area contributed by atoms with Crippen molar-refractivity contribution in [3.63, 3.8) is 0 Å². The molecule has 1 aromatic carbocycles. The molecule has 0 fully saturated rings. The second-order valence-corrected chi connectivity index (χ2v) is 10.2. The predicted molar refractivity (Wildman–Crippen MR) is 132 cm³/mol. The highest BCUT2D eigenvalue weighted by Crippen LogP contribution is 2.26. The second-order valence-electron chi connectivity index (χ2n) is 8.56.